The van der Waals surface area contributed by atoms with Crippen LogP contribution in [0.15, 0.2) is 65.7 Å². The van der Waals surface area contributed by atoms with Crippen LogP contribution < -0.4 is 10.6 Å². The molecule has 0 bridgehead atoms. The Morgan fingerprint density at radius 1 is 1.00 bits per heavy atom. The number of fused-ring (bicyclic) bond motifs is 2. The van der Waals surface area contributed by atoms with Gasteiger partial charge < -0.3 is 10.6 Å². The zero-order chi connectivity index (χ0) is 14.9. The van der Waals surface area contributed by atoms with Crippen molar-refractivity contribution in [2.45, 2.75) is 0 Å². The van der Waals surface area contributed by atoms with Gasteiger partial charge in [0, 0.05) is 11.8 Å². The average molecular weight is 288 g/mol. The molecule has 22 heavy (non-hydrogen) atoms. The van der Waals surface area contributed by atoms with E-state index in [9.17, 15) is 4.79 Å². The first-order chi connectivity index (χ1) is 10.8. The van der Waals surface area contributed by atoms with Gasteiger partial charge in [0.25, 0.3) is 0 Å². The summed E-state index contributed by atoms with van der Waals surface area (Å²) in [4.78, 5) is 20.7. The molecule has 0 fully saturated rings. The van der Waals surface area contributed by atoms with Crippen molar-refractivity contribution in [2.24, 2.45) is 4.99 Å². The molecule has 2 aliphatic rings. The van der Waals surface area contributed by atoms with Crippen LogP contribution in [0.1, 0.15) is 11.3 Å². The number of para-hydroxylation sites is 2. The molecule has 5 nitrogen and oxygen atoms in total. The highest BCUT2D eigenvalue weighted by Gasteiger charge is 2.19. The van der Waals surface area contributed by atoms with Crippen LogP contribution in [0.25, 0.3) is 6.08 Å². The number of carbonyl (C=O) groups is 1. The number of aliphatic imine (C=N–C) groups is 1. The van der Waals surface area contributed by atoms with Gasteiger partial charge >= 0.3 is 0 Å². The molecule has 2 aromatic rings. The van der Waals surface area contributed by atoms with Crippen LogP contribution in [-0.4, -0.2) is 16.5 Å². The van der Waals surface area contributed by atoms with Crippen molar-refractivity contribution in [3.63, 3.8) is 0 Å². The van der Waals surface area contributed by atoms with E-state index >= 15 is 0 Å². The molecule has 1 aliphatic heterocycles. The molecule has 0 amide bonds. The number of anilines is 2. The van der Waals surface area contributed by atoms with E-state index in [1.165, 1.54) is 6.08 Å². The molecular weight excluding hydrogens is 276 g/mol. The van der Waals surface area contributed by atoms with Gasteiger partial charge in [-0.3, -0.25) is 9.78 Å². The molecule has 2 N–H and O–H groups in total. The number of ketones is 1. The summed E-state index contributed by atoms with van der Waals surface area (Å²) in [5.74, 6) is 0.620. The molecular formula is C17H12N4O. The fraction of sp³-hybridized carbons (Fsp3) is 0. The van der Waals surface area contributed by atoms with Gasteiger partial charge in [0.1, 0.15) is 11.5 Å². The van der Waals surface area contributed by atoms with Gasteiger partial charge in [0.15, 0.2) is 0 Å². The summed E-state index contributed by atoms with van der Waals surface area (Å²) in [7, 11) is 0. The van der Waals surface area contributed by atoms with Crippen molar-refractivity contribution < 1.29 is 4.79 Å². The largest absolute Gasteiger partial charge is 0.339 e. The molecule has 0 atom stereocenters. The molecule has 0 spiro atoms. The standard InChI is InChI=1S/C17H12N4O/c22-15-8-7-12-11(4-3-9-18-12)17(15)19-10-16-20-13-5-1-2-6-14(13)21-16/h1-10,20-21H/b19-17-. The molecule has 1 aromatic carbocycles. The zero-order valence-electron chi connectivity index (χ0n) is 11.6. The van der Waals surface area contributed by atoms with Crippen molar-refractivity contribution in [1.82, 2.24) is 4.98 Å². The lowest BCUT2D eigenvalue weighted by Crippen LogP contribution is -2.18. The monoisotopic (exact) mass is 288 g/mol. The average Bonchev–Trinajstić information content (AvgIpc) is 2.97. The van der Waals surface area contributed by atoms with Gasteiger partial charge in [-0.05, 0) is 36.4 Å². The number of rotatable bonds is 1. The number of pyridine rings is 1. The molecule has 4 rings (SSSR count). The van der Waals surface area contributed by atoms with Gasteiger partial charge in [0.05, 0.1) is 23.3 Å². The number of carbonyl (C=O) groups excluding carboxylic acids is 1. The number of allylic oxidation sites excluding steroid dienone is 1. The van der Waals surface area contributed by atoms with Crippen molar-refractivity contribution in [2.75, 3.05) is 10.6 Å². The van der Waals surface area contributed by atoms with Crippen LogP contribution in [0, 0.1) is 0 Å². The third-order valence-corrected chi connectivity index (χ3v) is 3.51. The highest BCUT2D eigenvalue weighted by Crippen LogP contribution is 2.29. The minimum absolute atomic E-state index is 0.118. The first kappa shape index (κ1) is 12.5. The second-order valence-electron chi connectivity index (χ2n) is 4.95. The third kappa shape index (κ3) is 2.09. The van der Waals surface area contributed by atoms with Crippen LogP contribution >= 0.6 is 0 Å². The Hall–Kier alpha value is -3.21. The minimum Gasteiger partial charge on any atom is -0.339 e. The summed E-state index contributed by atoms with van der Waals surface area (Å²) < 4.78 is 0. The predicted octanol–water partition coefficient (Wildman–Crippen LogP) is 2.80. The Bertz CT molecular complexity index is 837. The maximum Gasteiger partial charge on any atom is 0.204 e. The topological polar surface area (TPSA) is 66.4 Å². The van der Waals surface area contributed by atoms with E-state index in [4.69, 9.17) is 0 Å². The Balaban J connectivity index is 1.68. The fourth-order valence-electron chi connectivity index (χ4n) is 2.47. The Morgan fingerprint density at radius 2 is 1.77 bits per heavy atom. The van der Waals surface area contributed by atoms with Crippen molar-refractivity contribution in [3.8, 4) is 0 Å². The second kappa shape index (κ2) is 4.96. The molecule has 106 valence electrons. The van der Waals surface area contributed by atoms with Crippen LogP contribution in [-0.2, 0) is 4.79 Å². The zero-order valence-corrected chi connectivity index (χ0v) is 11.6. The smallest absolute Gasteiger partial charge is 0.204 e. The van der Waals surface area contributed by atoms with E-state index in [2.05, 4.69) is 20.6 Å². The van der Waals surface area contributed by atoms with Crippen LogP contribution in [0.2, 0.25) is 0 Å². The van der Waals surface area contributed by atoms with Crippen LogP contribution in [0.4, 0.5) is 11.4 Å². The van der Waals surface area contributed by atoms with Gasteiger partial charge in [-0.1, -0.05) is 12.1 Å². The third-order valence-electron chi connectivity index (χ3n) is 3.51. The maximum atomic E-state index is 12.1. The molecule has 0 radical (unpaired) electrons. The van der Waals surface area contributed by atoms with Crippen molar-refractivity contribution in [1.29, 1.82) is 0 Å². The molecule has 5 heteroatoms. The first-order valence-electron chi connectivity index (χ1n) is 6.90. The summed E-state index contributed by atoms with van der Waals surface area (Å²) >= 11 is 0. The number of hydrogen-bond acceptors (Lipinski definition) is 5. The number of nitrogens with zero attached hydrogens (tertiary/aromatic N) is 2. The van der Waals surface area contributed by atoms with Crippen LogP contribution in [0.3, 0.4) is 0 Å². The first-order valence-corrected chi connectivity index (χ1v) is 6.90. The highest BCUT2D eigenvalue weighted by molar-refractivity contribution is 6.52. The lowest BCUT2D eigenvalue weighted by atomic mass is 9.99. The predicted molar refractivity (Wildman–Crippen MR) is 86.6 cm³/mol. The normalized spacial score (nSPS) is 16.8. The highest BCUT2D eigenvalue weighted by atomic mass is 16.1. The Kier molecular flexibility index (Phi) is 2.83. The Labute approximate surface area is 127 Å². The van der Waals surface area contributed by atoms with Crippen LogP contribution in [0.5, 0.6) is 0 Å². The minimum atomic E-state index is -0.118. The fourth-order valence-corrected chi connectivity index (χ4v) is 2.47. The summed E-state index contributed by atoms with van der Waals surface area (Å²) in [6, 6.07) is 11.5. The maximum absolute atomic E-state index is 12.1. The number of benzene rings is 1. The van der Waals surface area contributed by atoms with Gasteiger partial charge in [0.2, 0.25) is 5.78 Å². The van der Waals surface area contributed by atoms with Gasteiger partial charge in [-0.25, -0.2) is 4.99 Å². The summed E-state index contributed by atoms with van der Waals surface area (Å²) in [5.41, 5.74) is 3.90. The molecule has 1 aromatic heterocycles. The SMILES string of the molecule is O=C1C=Cc2ncccc2/C1=N/C=C1Nc2ccccc2N1. The lowest BCUT2D eigenvalue weighted by Gasteiger charge is -2.10. The molecule has 0 unspecified atom stereocenters. The second-order valence-corrected chi connectivity index (χ2v) is 4.95. The van der Waals surface area contributed by atoms with E-state index in [0.717, 1.165) is 28.5 Å². The summed E-state index contributed by atoms with van der Waals surface area (Å²) in [5, 5.41) is 6.42. The summed E-state index contributed by atoms with van der Waals surface area (Å²) in [6.07, 6.45) is 6.54. The van der Waals surface area contributed by atoms with E-state index in [1.54, 1.807) is 24.5 Å². The van der Waals surface area contributed by atoms with Crippen molar-refractivity contribution in [3.05, 3.63) is 71.9 Å². The molecule has 2 heterocycles. The van der Waals surface area contributed by atoms with Gasteiger partial charge in [-0.2, -0.15) is 0 Å². The molecule has 0 saturated heterocycles. The van der Waals surface area contributed by atoms with E-state index in [-0.39, 0.29) is 5.78 Å². The lowest BCUT2D eigenvalue weighted by molar-refractivity contribution is -0.108. The number of hydrogen-bond donors (Lipinski definition) is 2. The molecule has 0 saturated carbocycles. The summed E-state index contributed by atoms with van der Waals surface area (Å²) in [6.45, 7) is 0. The quantitative estimate of drug-likeness (QED) is 0.847. The van der Waals surface area contributed by atoms with E-state index < -0.39 is 0 Å². The molecule has 1 aliphatic carbocycles. The van der Waals surface area contributed by atoms with E-state index in [1.807, 2.05) is 30.3 Å². The number of aromatic nitrogens is 1. The van der Waals surface area contributed by atoms with E-state index in [0.29, 0.717) is 5.71 Å². The van der Waals surface area contributed by atoms with Crippen molar-refractivity contribution >= 4 is 28.9 Å². The number of nitrogens with one attached hydrogen (secondary N) is 2. The van der Waals surface area contributed by atoms with Gasteiger partial charge in [-0.15, -0.1) is 0 Å². The Morgan fingerprint density at radius 3 is 2.55 bits per heavy atom.